The molecule has 3 nitrogen and oxygen atoms in total. The van der Waals surface area contributed by atoms with Crippen molar-refractivity contribution in [2.75, 3.05) is 18.1 Å². The molecule has 0 radical (unpaired) electrons. The lowest BCUT2D eigenvalue weighted by Gasteiger charge is -2.28. The molecule has 1 aliphatic rings. The average molecular weight is 281 g/mol. The highest BCUT2D eigenvalue weighted by Crippen LogP contribution is 2.41. The van der Waals surface area contributed by atoms with Gasteiger partial charge in [0.1, 0.15) is 0 Å². The van der Waals surface area contributed by atoms with E-state index >= 15 is 0 Å². The maximum atomic E-state index is 11.8. The molecule has 0 unspecified atom stereocenters. The number of hydrogen-bond acceptors (Lipinski definition) is 3. The third kappa shape index (κ3) is 3.30. The van der Waals surface area contributed by atoms with Crippen LogP contribution in [0.15, 0.2) is 29.2 Å². The monoisotopic (exact) mass is 281 g/mol. The van der Waals surface area contributed by atoms with Crippen LogP contribution in [0.4, 0.5) is 5.69 Å². The highest BCUT2D eigenvalue weighted by atomic mass is 32.2. The summed E-state index contributed by atoms with van der Waals surface area (Å²) in [6, 6.07) is 7.18. The molecule has 1 saturated carbocycles. The summed E-state index contributed by atoms with van der Waals surface area (Å²) in [4.78, 5) is 0.402. The van der Waals surface area contributed by atoms with Gasteiger partial charge in [0.25, 0.3) is 0 Å². The Bertz CT molecular complexity index is 531. The molecule has 19 heavy (non-hydrogen) atoms. The summed E-state index contributed by atoms with van der Waals surface area (Å²) in [5.74, 6) is 0. The fraction of sp³-hybridized carbons (Fsp3) is 0.600. The summed E-state index contributed by atoms with van der Waals surface area (Å²) < 4.78 is 23.5. The van der Waals surface area contributed by atoms with Crippen molar-refractivity contribution in [1.82, 2.24) is 0 Å². The lowest BCUT2D eigenvalue weighted by Crippen LogP contribution is -2.26. The second-order valence-electron chi connectivity index (χ2n) is 5.68. The molecular formula is C15H23NO2S. The molecule has 0 saturated heterocycles. The molecule has 4 heteroatoms. The van der Waals surface area contributed by atoms with Crippen LogP contribution in [0.2, 0.25) is 0 Å². The first-order valence-electron chi connectivity index (χ1n) is 7.00. The van der Waals surface area contributed by atoms with Gasteiger partial charge in [0.05, 0.1) is 10.6 Å². The summed E-state index contributed by atoms with van der Waals surface area (Å²) in [5.41, 5.74) is 1.09. The van der Waals surface area contributed by atoms with Crippen LogP contribution in [0, 0.1) is 5.41 Å². The maximum Gasteiger partial charge on any atom is 0.177 e. The Morgan fingerprint density at radius 2 is 1.84 bits per heavy atom. The van der Waals surface area contributed by atoms with Crippen LogP contribution in [0.25, 0.3) is 0 Å². The third-order valence-electron chi connectivity index (χ3n) is 4.35. The maximum absolute atomic E-state index is 11.8. The second kappa shape index (κ2) is 5.53. The van der Waals surface area contributed by atoms with Crippen LogP contribution >= 0.6 is 0 Å². The van der Waals surface area contributed by atoms with E-state index in [0.717, 1.165) is 18.7 Å². The molecule has 1 aliphatic carbocycles. The molecule has 0 spiro atoms. The van der Waals surface area contributed by atoms with Crippen LogP contribution in [0.3, 0.4) is 0 Å². The number of nitrogens with one attached hydrogen (secondary N) is 1. The van der Waals surface area contributed by atoms with E-state index in [9.17, 15) is 8.42 Å². The minimum atomic E-state index is -3.17. The van der Waals surface area contributed by atoms with Gasteiger partial charge in [-0.2, -0.15) is 0 Å². The zero-order valence-corrected chi connectivity index (χ0v) is 12.6. The van der Waals surface area contributed by atoms with Gasteiger partial charge in [0, 0.05) is 12.8 Å². The van der Waals surface area contributed by atoms with Crippen molar-refractivity contribution in [2.24, 2.45) is 5.41 Å². The Hall–Kier alpha value is -1.03. The smallest absolute Gasteiger partial charge is 0.177 e. The zero-order chi connectivity index (χ0) is 13.9. The molecule has 0 atom stereocenters. The summed E-state index contributed by atoms with van der Waals surface area (Å²) >= 11 is 0. The summed E-state index contributed by atoms with van der Waals surface area (Å²) in [6.07, 6.45) is 7.50. The lowest BCUT2D eigenvalue weighted by molar-refractivity contribution is 0.306. The van der Waals surface area contributed by atoms with Gasteiger partial charge in [-0.05, 0) is 36.8 Å². The van der Waals surface area contributed by atoms with Gasteiger partial charge in [-0.3, -0.25) is 0 Å². The number of para-hydroxylation sites is 1. The van der Waals surface area contributed by atoms with Crippen molar-refractivity contribution >= 4 is 15.5 Å². The number of rotatable bonds is 5. The van der Waals surface area contributed by atoms with Crippen molar-refractivity contribution in [3.63, 3.8) is 0 Å². The normalized spacial score (nSPS) is 18.4. The van der Waals surface area contributed by atoms with E-state index in [1.54, 1.807) is 12.1 Å². The Morgan fingerprint density at radius 3 is 2.42 bits per heavy atom. The molecule has 0 aromatic heterocycles. The molecule has 1 fully saturated rings. The summed E-state index contributed by atoms with van der Waals surface area (Å²) in [7, 11) is -3.17. The minimum absolute atomic E-state index is 0.352. The molecule has 0 bridgehead atoms. The van der Waals surface area contributed by atoms with Crippen LogP contribution in [-0.4, -0.2) is 21.2 Å². The van der Waals surface area contributed by atoms with Gasteiger partial charge < -0.3 is 5.32 Å². The predicted molar refractivity (Wildman–Crippen MR) is 79.2 cm³/mol. The molecular weight excluding hydrogens is 258 g/mol. The number of anilines is 1. The van der Waals surface area contributed by atoms with Gasteiger partial charge in [-0.25, -0.2) is 8.42 Å². The topological polar surface area (TPSA) is 46.2 Å². The number of benzene rings is 1. The summed E-state index contributed by atoms with van der Waals surface area (Å²) in [6.45, 7) is 3.10. The van der Waals surface area contributed by atoms with Crippen molar-refractivity contribution in [3.8, 4) is 0 Å². The first kappa shape index (κ1) is 14.4. The van der Waals surface area contributed by atoms with Gasteiger partial charge in [0.15, 0.2) is 9.84 Å². The van der Waals surface area contributed by atoms with Crippen LogP contribution in [-0.2, 0) is 9.84 Å². The van der Waals surface area contributed by atoms with E-state index in [0.29, 0.717) is 10.3 Å². The fourth-order valence-corrected chi connectivity index (χ4v) is 3.86. The lowest BCUT2D eigenvalue weighted by atomic mass is 9.83. The first-order chi connectivity index (χ1) is 8.97. The van der Waals surface area contributed by atoms with E-state index in [1.165, 1.54) is 31.9 Å². The average Bonchev–Trinajstić information content (AvgIpc) is 2.85. The van der Waals surface area contributed by atoms with Crippen molar-refractivity contribution in [1.29, 1.82) is 0 Å². The molecule has 0 heterocycles. The van der Waals surface area contributed by atoms with E-state index in [4.69, 9.17) is 0 Å². The predicted octanol–water partition coefficient (Wildman–Crippen LogP) is 3.47. The Morgan fingerprint density at radius 1 is 1.21 bits per heavy atom. The van der Waals surface area contributed by atoms with E-state index < -0.39 is 9.84 Å². The zero-order valence-electron chi connectivity index (χ0n) is 11.8. The molecule has 1 aromatic carbocycles. The molecule has 1 N–H and O–H groups in total. The largest absolute Gasteiger partial charge is 0.383 e. The molecule has 0 aliphatic heterocycles. The van der Waals surface area contributed by atoms with Crippen LogP contribution < -0.4 is 5.32 Å². The quantitative estimate of drug-likeness (QED) is 0.899. The third-order valence-corrected chi connectivity index (χ3v) is 5.51. The standard InChI is InChI=1S/C15H23NO2S/c1-3-15(10-6-7-11-15)12-16-13-8-4-5-9-14(13)19(2,17)18/h4-5,8-9,16H,3,6-7,10-12H2,1-2H3. The Kier molecular flexibility index (Phi) is 4.19. The van der Waals surface area contributed by atoms with E-state index in [-0.39, 0.29) is 0 Å². The Balaban J connectivity index is 2.16. The fourth-order valence-electron chi connectivity index (χ4n) is 3.00. The van der Waals surface area contributed by atoms with Crippen molar-refractivity contribution < 1.29 is 8.42 Å². The van der Waals surface area contributed by atoms with E-state index in [1.807, 2.05) is 12.1 Å². The van der Waals surface area contributed by atoms with Gasteiger partial charge in [0.2, 0.25) is 0 Å². The van der Waals surface area contributed by atoms with Crippen LogP contribution in [0.5, 0.6) is 0 Å². The highest BCUT2D eigenvalue weighted by Gasteiger charge is 2.31. The van der Waals surface area contributed by atoms with Gasteiger partial charge in [-0.1, -0.05) is 31.9 Å². The number of hydrogen-bond donors (Lipinski definition) is 1. The van der Waals surface area contributed by atoms with E-state index in [2.05, 4.69) is 12.2 Å². The molecule has 1 aromatic rings. The van der Waals surface area contributed by atoms with Crippen LogP contribution in [0.1, 0.15) is 39.0 Å². The van der Waals surface area contributed by atoms with Crippen molar-refractivity contribution in [3.05, 3.63) is 24.3 Å². The SMILES string of the molecule is CCC1(CNc2ccccc2S(C)(=O)=O)CCCC1. The molecule has 0 amide bonds. The van der Waals surface area contributed by atoms with Gasteiger partial charge in [-0.15, -0.1) is 0 Å². The molecule has 2 rings (SSSR count). The first-order valence-corrected chi connectivity index (χ1v) is 8.89. The highest BCUT2D eigenvalue weighted by molar-refractivity contribution is 7.90. The van der Waals surface area contributed by atoms with Crippen molar-refractivity contribution in [2.45, 2.75) is 43.9 Å². The molecule has 106 valence electrons. The van der Waals surface area contributed by atoms with Gasteiger partial charge >= 0.3 is 0 Å². The Labute approximate surface area is 116 Å². The number of sulfone groups is 1. The minimum Gasteiger partial charge on any atom is -0.383 e. The second-order valence-corrected chi connectivity index (χ2v) is 7.67. The summed E-state index contributed by atoms with van der Waals surface area (Å²) in [5, 5.41) is 3.37.